The third-order valence-electron chi connectivity index (χ3n) is 6.02. The molecule has 0 aliphatic rings. The summed E-state index contributed by atoms with van der Waals surface area (Å²) in [6.45, 7) is 3.59. The van der Waals surface area contributed by atoms with Gasteiger partial charge in [0.1, 0.15) is 0 Å². The van der Waals surface area contributed by atoms with E-state index in [-0.39, 0.29) is 0 Å². The summed E-state index contributed by atoms with van der Waals surface area (Å²) in [6, 6.07) is 35.0. The first-order valence-corrected chi connectivity index (χ1v) is 11.1. The minimum atomic E-state index is 0.666. The van der Waals surface area contributed by atoms with Gasteiger partial charge in [0.05, 0.1) is 17.3 Å². The van der Waals surface area contributed by atoms with Gasteiger partial charge < -0.3 is 0 Å². The molecule has 0 aliphatic heterocycles. The lowest BCUT2D eigenvalue weighted by Crippen LogP contribution is -1.88. The predicted octanol–water partition coefficient (Wildman–Crippen LogP) is 8.54. The summed E-state index contributed by atoms with van der Waals surface area (Å²) in [6.07, 6.45) is 8.64. The molecule has 0 spiro atoms. The van der Waals surface area contributed by atoms with Crippen LogP contribution in [0.5, 0.6) is 0 Å². The Morgan fingerprint density at radius 2 is 0.971 bits per heavy atom. The molecule has 5 aromatic rings. The second-order valence-electron chi connectivity index (χ2n) is 8.07. The van der Waals surface area contributed by atoms with Crippen LogP contribution in [0.3, 0.4) is 0 Å². The Kier molecular flexibility index (Phi) is 5.84. The molecule has 5 aromatic carbocycles. The Balaban J connectivity index is 1.66. The molecule has 0 bridgehead atoms. The summed E-state index contributed by atoms with van der Waals surface area (Å²) in [5.41, 5.74) is 6.10. The van der Waals surface area contributed by atoms with Crippen LogP contribution >= 0.6 is 0 Å². The van der Waals surface area contributed by atoms with Gasteiger partial charge in [-0.1, -0.05) is 97.1 Å². The molecule has 0 atom stereocenters. The lowest BCUT2D eigenvalue weighted by molar-refractivity contribution is 1.48. The van der Waals surface area contributed by atoms with Gasteiger partial charge in [-0.05, 0) is 74.8 Å². The smallest absolute Gasteiger partial charge is 0.0991 e. The molecule has 0 saturated carbocycles. The Bertz CT molecular complexity index is 1540. The normalized spacial score (nSPS) is 11.4. The van der Waals surface area contributed by atoms with E-state index in [4.69, 9.17) is 5.26 Å². The molecule has 2 nitrogen and oxygen atoms in total. The molecule has 5 rings (SSSR count). The SMILES string of the molecule is C=Nc1ccc(C=Cc2c3ccccc3c(C=Cc3ccc(C#N)cc3)c3ccccc23)cc1. The van der Waals surface area contributed by atoms with Crippen LogP contribution < -0.4 is 0 Å². The monoisotopic (exact) mass is 434 g/mol. The van der Waals surface area contributed by atoms with Crippen molar-refractivity contribution < 1.29 is 0 Å². The highest BCUT2D eigenvalue weighted by Gasteiger charge is 2.10. The molecule has 34 heavy (non-hydrogen) atoms. The van der Waals surface area contributed by atoms with Gasteiger partial charge in [0.2, 0.25) is 0 Å². The third kappa shape index (κ3) is 4.16. The molecule has 0 fully saturated rings. The molecular formula is C32H22N2. The average Bonchev–Trinajstić information content (AvgIpc) is 2.91. The zero-order valence-electron chi connectivity index (χ0n) is 18.6. The number of hydrogen-bond acceptors (Lipinski definition) is 2. The topological polar surface area (TPSA) is 36.1 Å². The zero-order valence-corrected chi connectivity index (χ0v) is 18.6. The van der Waals surface area contributed by atoms with Crippen LogP contribution in [0.25, 0.3) is 45.8 Å². The molecule has 0 N–H and O–H groups in total. The fourth-order valence-electron chi connectivity index (χ4n) is 4.27. The summed E-state index contributed by atoms with van der Waals surface area (Å²) >= 11 is 0. The van der Waals surface area contributed by atoms with Crippen LogP contribution in [-0.4, -0.2) is 6.72 Å². The van der Waals surface area contributed by atoms with Gasteiger partial charge in [-0.25, -0.2) is 0 Å². The van der Waals surface area contributed by atoms with E-state index in [9.17, 15) is 0 Å². The van der Waals surface area contributed by atoms with Crippen molar-refractivity contribution in [3.63, 3.8) is 0 Å². The molecule has 0 amide bonds. The van der Waals surface area contributed by atoms with Crippen molar-refractivity contribution >= 4 is 58.3 Å². The molecule has 0 saturated heterocycles. The summed E-state index contributed by atoms with van der Waals surface area (Å²) in [4.78, 5) is 3.97. The maximum atomic E-state index is 9.06. The van der Waals surface area contributed by atoms with Gasteiger partial charge in [0, 0.05) is 0 Å². The van der Waals surface area contributed by atoms with Crippen molar-refractivity contribution in [3.8, 4) is 6.07 Å². The van der Waals surface area contributed by atoms with Crippen LogP contribution in [0.1, 0.15) is 27.8 Å². The van der Waals surface area contributed by atoms with Crippen molar-refractivity contribution in [2.24, 2.45) is 4.99 Å². The standard InChI is InChI=1S/C32H22N2/c1-34-26-18-14-24(15-19-26)17-21-32-29-8-4-2-6-27(29)31(28-7-3-5-9-30(28)32)20-16-23-10-12-25(22-33)13-11-23/h2-21H,1H2. The Hall–Kier alpha value is -4.74. The molecular weight excluding hydrogens is 412 g/mol. The Labute approximate surface area is 199 Å². The molecule has 0 aliphatic carbocycles. The summed E-state index contributed by atoms with van der Waals surface area (Å²) < 4.78 is 0. The Morgan fingerprint density at radius 1 is 0.559 bits per heavy atom. The number of aliphatic imine (C=N–C) groups is 1. The van der Waals surface area contributed by atoms with E-state index in [1.807, 2.05) is 36.4 Å². The third-order valence-corrected chi connectivity index (χ3v) is 6.02. The van der Waals surface area contributed by atoms with Crippen LogP contribution in [-0.2, 0) is 0 Å². The van der Waals surface area contributed by atoms with Crippen molar-refractivity contribution in [1.29, 1.82) is 5.26 Å². The van der Waals surface area contributed by atoms with Gasteiger partial charge in [-0.2, -0.15) is 5.26 Å². The summed E-state index contributed by atoms with van der Waals surface area (Å²) in [5, 5.41) is 13.9. The fraction of sp³-hybridized carbons (Fsp3) is 0. The lowest BCUT2D eigenvalue weighted by atomic mass is 9.91. The van der Waals surface area contributed by atoms with Crippen molar-refractivity contribution in [2.45, 2.75) is 0 Å². The van der Waals surface area contributed by atoms with Gasteiger partial charge in [-0.3, -0.25) is 4.99 Å². The maximum absolute atomic E-state index is 9.06. The van der Waals surface area contributed by atoms with E-state index in [0.717, 1.165) is 16.8 Å². The first kappa shape index (κ1) is 21.1. The average molecular weight is 435 g/mol. The lowest BCUT2D eigenvalue weighted by Gasteiger charge is -2.13. The molecule has 0 radical (unpaired) electrons. The van der Waals surface area contributed by atoms with Gasteiger partial charge >= 0.3 is 0 Å². The number of rotatable bonds is 5. The highest BCUT2D eigenvalue weighted by atomic mass is 14.7. The second-order valence-corrected chi connectivity index (χ2v) is 8.07. The van der Waals surface area contributed by atoms with E-state index in [2.05, 4.69) is 103 Å². The number of fused-ring (bicyclic) bond motifs is 2. The Morgan fingerprint density at radius 3 is 1.35 bits per heavy atom. The zero-order chi connectivity index (χ0) is 23.3. The molecule has 160 valence electrons. The number of benzene rings is 5. The minimum Gasteiger partial charge on any atom is -0.265 e. The van der Waals surface area contributed by atoms with E-state index in [1.54, 1.807) is 0 Å². The van der Waals surface area contributed by atoms with E-state index < -0.39 is 0 Å². The summed E-state index contributed by atoms with van der Waals surface area (Å²) in [7, 11) is 0. The van der Waals surface area contributed by atoms with E-state index in [1.165, 1.54) is 32.7 Å². The van der Waals surface area contributed by atoms with Gasteiger partial charge in [-0.15, -0.1) is 0 Å². The van der Waals surface area contributed by atoms with E-state index >= 15 is 0 Å². The van der Waals surface area contributed by atoms with Crippen molar-refractivity contribution in [3.05, 3.63) is 125 Å². The van der Waals surface area contributed by atoms with Crippen LogP contribution in [0, 0.1) is 11.3 Å². The van der Waals surface area contributed by atoms with Crippen LogP contribution in [0.2, 0.25) is 0 Å². The van der Waals surface area contributed by atoms with Crippen molar-refractivity contribution in [1.82, 2.24) is 0 Å². The molecule has 0 unspecified atom stereocenters. The van der Waals surface area contributed by atoms with Crippen LogP contribution in [0.15, 0.2) is 102 Å². The largest absolute Gasteiger partial charge is 0.265 e. The first-order chi connectivity index (χ1) is 16.8. The highest BCUT2D eigenvalue weighted by molar-refractivity contribution is 6.14. The molecule has 0 aromatic heterocycles. The first-order valence-electron chi connectivity index (χ1n) is 11.1. The predicted molar refractivity (Wildman–Crippen MR) is 146 cm³/mol. The molecule has 2 heteroatoms. The van der Waals surface area contributed by atoms with Gasteiger partial charge in [0.25, 0.3) is 0 Å². The number of hydrogen-bond donors (Lipinski definition) is 0. The highest BCUT2D eigenvalue weighted by Crippen LogP contribution is 2.35. The van der Waals surface area contributed by atoms with Gasteiger partial charge in [0.15, 0.2) is 0 Å². The fourth-order valence-corrected chi connectivity index (χ4v) is 4.27. The quantitative estimate of drug-likeness (QED) is 0.155. The van der Waals surface area contributed by atoms with E-state index in [0.29, 0.717) is 5.56 Å². The van der Waals surface area contributed by atoms with Crippen LogP contribution in [0.4, 0.5) is 5.69 Å². The second kappa shape index (κ2) is 9.40. The summed E-state index contributed by atoms with van der Waals surface area (Å²) in [5.74, 6) is 0. The molecule has 0 heterocycles. The minimum absolute atomic E-state index is 0.666. The van der Waals surface area contributed by atoms with Crippen molar-refractivity contribution in [2.75, 3.05) is 0 Å². The number of nitriles is 1. The number of nitrogens with zero attached hydrogens (tertiary/aromatic N) is 2. The maximum Gasteiger partial charge on any atom is 0.0991 e.